The van der Waals surface area contributed by atoms with Gasteiger partial charge >= 0.3 is 0 Å². The Labute approximate surface area is 122 Å². The fourth-order valence-corrected chi connectivity index (χ4v) is 2.74. The molecule has 2 unspecified atom stereocenters. The van der Waals surface area contributed by atoms with E-state index < -0.39 is 17.7 Å². The van der Waals surface area contributed by atoms with E-state index in [1.165, 1.54) is 12.1 Å². The molecule has 0 spiro atoms. The predicted molar refractivity (Wildman–Crippen MR) is 75.2 cm³/mol. The first kappa shape index (κ1) is 14.0. The molecule has 2 atom stereocenters. The van der Waals surface area contributed by atoms with Crippen LogP contribution in [0.1, 0.15) is 22.8 Å². The zero-order valence-corrected chi connectivity index (χ0v) is 11.6. The summed E-state index contributed by atoms with van der Waals surface area (Å²) in [5, 5.41) is 10.4. The van der Waals surface area contributed by atoms with Gasteiger partial charge in [-0.3, -0.25) is 0 Å². The second-order valence-corrected chi connectivity index (χ2v) is 5.42. The number of aryl methyl sites for hydroxylation is 1. The van der Waals surface area contributed by atoms with Crippen LogP contribution in [0, 0.1) is 24.5 Å². The lowest BCUT2D eigenvalue weighted by Gasteiger charge is -2.29. The van der Waals surface area contributed by atoms with E-state index in [4.69, 9.17) is 4.74 Å². The smallest absolute Gasteiger partial charge is 0.134 e. The number of aliphatic hydroxyl groups is 1. The summed E-state index contributed by atoms with van der Waals surface area (Å²) in [5.41, 5.74) is 1.01. The molecule has 2 aromatic rings. The number of halogens is 2. The van der Waals surface area contributed by atoms with Gasteiger partial charge in [0.15, 0.2) is 0 Å². The number of fused-ring (bicyclic) bond motifs is 1. The lowest BCUT2D eigenvalue weighted by atomic mass is 9.87. The Morgan fingerprint density at radius 2 is 1.95 bits per heavy atom. The van der Waals surface area contributed by atoms with E-state index in [-0.39, 0.29) is 18.1 Å². The Balaban J connectivity index is 1.91. The molecule has 0 aliphatic carbocycles. The summed E-state index contributed by atoms with van der Waals surface area (Å²) in [4.78, 5) is 0. The maximum atomic E-state index is 14.1. The van der Waals surface area contributed by atoms with Crippen molar-refractivity contribution < 1.29 is 18.6 Å². The summed E-state index contributed by atoms with van der Waals surface area (Å²) in [5.74, 6) is -0.998. The van der Waals surface area contributed by atoms with Crippen LogP contribution in [0.4, 0.5) is 8.78 Å². The molecule has 0 radical (unpaired) electrons. The first-order valence-electron chi connectivity index (χ1n) is 6.91. The molecule has 0 bridgehead atoms. The van der Waals surface area contributed by atoms with Crippen molar-refractivity contribution in [3.63, 3.8) is 0 Å². The third-order valence-electron chi connectivity index (χ3n) is 3.97. The molecule has 4 heteroatoms. The van der Waals surface area contributed by atoms with Gasteiger partial charge in [0.1, 0.15) is 17.4 Å². The van der Waals surface area contributed by atoms with Gasteiger partial charge in [0, 0.05) is 5.92 Å². The summed E-state index contributed by atoms with van der Waals surface area (Å²) >= 11 is 0. The molecular formula is C17H16F2O2. The lowest BCUT2D eigenvalue weighted by Crippen LogP contribution is -2.28. The number of aliphatic hydroxyl groups excluding tert-OH is 1. The molecule has 1 heterocycles. The van der Waals surface area contributed by atoms with Crippen LogP contribution in [0.2, 0.25) is 0 Å². The van der Waals surface area contributed by atoms with E-state index in [1.807, 2.05) is 24.3 Å². The van der Waals surface area contributed by atoms with Crippen molar-refractivity contribution in [3.8, 4) is 5.75 Å². The highest BCUT2D eigenvalue weighted by atomic mass is 19.1. The average molecular weight is 290 g/mol. The second-order valence-electron chi connectivity index (χ2n) is 5.42. The van der Waals surface area contributed by atoms with Gasteiger partial charge in [0.25, 0.3) is 0 Å². The fourth-order valence-electron chi connectivity index (χ4n) is 2.74. The first-order valence-corrected chi connectivity index (χ1v) is 6.91. The molecule has 3 rings (SSSR count). The lowest BCUT2D eigenvalue weighted by molar-refractivity contribution is 0.0590. The number of rotatable bonds is 2. The first-order chi connectivity index (χ1) is 10.1. The Morgan fingerprint density at radius 1 is 1.19 bits per heavy atom. The minimum atomic E-state index is -1.22. The summed E-state index contributed by atoms with van der Waals surface area (Å²) in [7, 11) is 0. The van der Waals surface area contributed by atoms with E-state index in [0.717, 1.165) is 11.3 Å². The molecule has 0 saturated carbocycles. The van der Waals surface area contributed by atoms with Crippen molar-refractivity contribution in [3.05, 3.63) is 64.7 Å². The van der Waals surface area contributed by atoms with Crippen LogP contribution in [0.3, 0.4) is 0 Å². The SMILES string of the molecule is Cc1ccc(F)c(C(O)C2COc3ccccc3C2)c1F. The van der Waals surface area contributed by atoms with Crippen molar-refractivity contribution in [1.82, 2.24) is 0 Å². The van der Waals surface area contributed by atoms with E-state index in [1.54, 1.807) is 6.92 Å². The molecule has 1 aliphatic heterocycles. The van der Waals surface area contributed by atoms with Crippen molar-refractivity contribution in [1.29, 1.82) is 0 Å². The van der Waals surface area contributed by atoms with Crippen molar-refractivity contribution in [2.75, 3.05) is 6.61 Å². The summed E-state index contributed by atoms with van der Waals surface area (Å²) in [6, 6.07) is 10.1. The van der Waals surface area contributed by atoms with Crippen LogP contribution in [0.5, 0.6) is 5.75 Å². The van der Waals surface area contributed by atoms with Gasteiger partial charge in [-0.25, -0.2) is 8.78 Å². The average Bonchev–Trinajstić information content (AvgIpc) is 2.51. The summed E-state index contributed by atoms with van der Waals surface area (Å²) < 4.78 is 33.6. The van der Waals surface area contributed by atoms with Gasteiger partial charge in [-0.05, 0) is 36.6 Å². The molecule has 21 heavy (non-hydrogen) atoms. The Bertz CT molecular complexity index is 670. The topological polar surface area (TPSA) is 29.5 Å². The second kappa shape index (κ2) is 5.45. The maximum Gasteiger partial charge on any atom is 0.134 e. The van der Waals surface area contributed by atoms with E-state index >= 15 is 0 Å². The third-order valence-corrected chi connectivity index (χ3v) is 3.97. The normalized spacial score (nSPS) is 18.8. The molecule has 0 fully saturated rings. The third kappa shape index (κ3) is 2.51. The highest BCUT2D eigenvalue weighted by molar-refractivity contribution is 5.36. The van der Waals surface area contributed by atoms with Crippen molar-refractivity contribution in [2.24, 2.45) is 5.92 Å². The minimum Gasteiger partial charge on any atom is -0.493 e. The standard InChI is InChI=1S/C17H16F2O2/c1-10-6-7-13(18)15(16(10)19)17(20)12-8-11-4-2-3-5-14(11)21-9-12/h2-7,12,17,20H,8-9H2,1H3. The largest absolute Gasteiger partial charge is 0.493 e. The molecular weight excluding hydrogens is 274 g/mol. The molecule has 2 nitrogen and oxygen atoms in total. The Morgan fingerprint density at radius 3 is 2.76 bits per heavy atom. The van der Waals surface area contributed by atoms with Gasteiger partial charge in [0.2, 0.25) is 0 Å². The predicted octanol–water partition coefficient (Wildman–Crippen LogP) is 3.56. The Kier molecular flexibility index (Phi) is 3.64. The molecule has 1 aliphatic rings. The van der Waals surface area contributed by atoms with Crippen LogP contribution in [-0.2, 0) is 6.42 Å². The zero-order valence-electron chi connectivity index (χ0n) is 11.6. The summed E-state index contributed by atoms with van der Waals surface area (Å²) in [6.45, 7) is 1.79. The van der Waals surface area contributed by atoms with Crippen molar-refractivity contribution >= 4 is 0 Å². The highest BCUT2D eigenvalue weighted by Crippen LogP contribution is 2.35. The summed E-state index contributed by atoms with van der Waals surface area (Å²) in [6.07, 6.45) is -0.692. The quantitative estimate of drug-likeness (QED) is 0.916. The van der Waals surface area contributed by atoms with Crippen LogP contribution < -0.4 is 4.74 Å². The van der Waals surface area contributed by atoms with E-state index in [2.05, 4.69) is 0 Å². The number of hydrogen-bond donors (Lipinski definition) is 1. The van der Waals surface area contributed by atoms with Crippen molar-refractivity contribution in [2.45, 2.75) is 19.4 Å². The number of hydrogen-bond acceptors (Lipinski definition) is 2. The molecule has 0 amide bonds. The minimum absolute atomic E-state index is 0.241. The maximum absolute atomic E-state index is 14.1. The van der Waals surface area contributed by atoms with Crippen LogP contribution >= 0.6 is 0 Å². The van der Waals surface area contributed by atoms with Gasteiger partial charge < -0.3 is 9.84 Å². The molecule has 0 aromatic heterocycles. The number of benzene rings is 2. The van der Waals surface area contributed by atoms with Gasteiger partial charge in [-0.1, -0.05) is 24.3 Å². The number of ether oxygens (including phenoxy) is 1. The van der Waals surface area contributed by atoms with E-state index in [0.29, 0.717) is 12.0 Å². The molecule has 110 valence electrons. The molecule has 2 aromatic carbocycles. The number of para-hydroxylation sites is 1. The highest BCUT2D eigenvalue weighted by Gasteiger charge is 2.31. The van der Waals surface area contributed by atoms with Gasteiger partial charge in [-0.2, -0.15) is 0 Å². The van der Waals surface area contributed by atoms with E-state index in [9.17, 15) is 13.9 Å². The van der Waals surface area contributed by atoms with Crippen LogP contribution in [-0.4, -0.2) is 11.7 Å². The molecule has 1 N–H and O–H groups in total. The van der Waals surface area contributed by atoms with Gasteiger partial charge in [-0.15, -0.1) is 0 Å². The monoisotopic (exact) mass is 290 g/mol. The van der Waals surface area contributed by atoms with Gasteiger partial charge in [0.05, 0.1) is 18.3 Å². The Hall–Kier alpha value is -1.94. The van der Waals surface area contributed by atoms with Crippen LogP contribution in [0.15, 0.2) is 36.4 Å². The molecule has 0 saturated heterocycles. The zero-order chi connectivity index (χ0) is 15.0. The van der Waals surface area contributed by atoms with Crippen LogP contribution in [0.25, 0.3) is 0 Å². The fraction of sp³-hybridized carbons (Fsp3) is 0.294.